The maximum atomic E-state index is 12.8. The van der Waals surface area contributed by atoms with E-state index in [4.69, 9.17) is 0 Å². The monoisotopic (exact) mass is 341 g/mol. The van der Waals surface area contributed by atoms with E-state index in [1.165, 1.54) is 23.9 Å². The van der Waals surface area contributed by atoms with Crippen LogP contribution in [0.15, 0.2) is 59.5 Å². The highest BCUT2D eigenvalue weighted by Crippen LogP contribution is 2.20. The number of carbonyl (C=O) groups is 1. The summed E-state index contributed by atoms with van der Waals surface area (Å²) in [5.41, 5.74) is 7.42. The molecular weight excluding hydrogens is 325 g/mol. The van der Waals surface area contributed by atoms with E-state index in [0.29, 0.717) is 5.82 Å². The van der Waals surface area contributed by atoms with Crippen molar-refractivity contribution in [1.29, 1.82) is 0 Å². The fourth-order valence-corrected chi connectivity index (χ4v) is 2.96. The Morgan fingerprint density at radius 3 is 2.71 bits per heavy atom. The zero-order valence-electron chi connectivity index (χ0n) is 13.0. The van der Waals surface area contributed by atoms with E-state index in [9.17, 15) is 9.18 Å². The van der Waals surface area contributed by atoms with Gasteiger partial charge in [-0.15, -0.1) is 11.8 Å². The highest BCUT2D eigenvalue weighted by Gasteiger charge is 2.05. The molecule has 2 N–H and O–H groups in total. The number of nitrogens with zero attached hydrogens (tertiary/aromatic N) is 1. The Labute approximate surface area is 143 Å². The van der Waals surface area contributed by atoms with Gasteiger partial charge in [0.25, 0.3) is 0 Å². The summed E-state index contributed by atoms with van der Waals surface area (Å²) in [6.07, 6.45) is 0. The fraction of sp³-hybridized carbons (Fsp3) is 0.111. The standard InChI is InChI=1S/C18H16FN3OS/c1-12-10-17(20-16-5-3-2-4-15(12)16)21-22-18(23)11-24-14-8-6-13(19)7-9-14/h2-10H,11H2,1H3,(H,20,21)(H,22,23). The van der Waals surface area contributed by atoms with Crippen LogP contribution < -0.4 is 10.9 Å². The number of pyridine rings is 1. The number of aryl methyl sites for hydroxylation is 1. The van der Waals surface area contributed by atoms with Crippen LogP contribution in [-0.4, -0.2) is 16.6 Å². The van der Waals surface area contributed by atoms with Crippen molar-refractivity contribution in [1.82, 2.24) is 10.4 Å². The molecule has 122 valence electrons. The van der Waals surface area contributed by atoms with E-state index in [2.05, 4.69) is 15.8 Å². The first kappa shape index (κ1) is 16.3. The van der Waals surface area contributed by atoms with Crippen LogP contribution in [0.1, 0.15) is 5.56 Å². The summed E-state index contributed by atoms with van der Waals surface area (Å²) < 4.78 is 12.8. The number of nitrogens with one attached hydrogen (secondary N) is 2. The maximum Gasteiger partial charge on any atom is 0.248 e. The van der Waals surface area contributed by atoms with Gasteiger partial charge in [-0.05, 0) is 48.9 Å². The van der Waals surface area contributed by atoms with Crippen molar-refractivity contribution >= 4 is 34.4 Å². The van der Waals surface area contributed by atoms with Gasteiger partial charge in [0.05, 0.1) is 11.3 Å². The minimum absolute atomic E-state index is 0.183. The van der Waals surface area contributed by atoms with Crippen LogP contribution in [0, 0.1) is 12.7 Å². The smallest absolute Gasteiger partial charge is 0.248 e. The summed E-state index contributed by atoms with van der Waals surface area (Å²) in [5, 5.41) is 1.08. The van der Waals surface area contributed by atoms with Gasteiger partial charge in [-0.3, -0.25) is 15.6 Å². The lowest BCUT2D eigenvalue weighted by Crippen LogP contribution is -2.31. The van der Waals surface area contributed by atoms with Gasteiger partial charge in [-0.2, -0.15) is 0 Å². The Kier molecular flexibility index (Phi) is 4.96. The van der Waals surface area contributed by atoms with Gasteiger partial charge in [-0.1, -0.05) is 18.2 Å². The third-order valence-electron chi connectivity index (χ3n) is 3.44. The molecule has 0 bridgehead atoms. The Hall–Kier alpha value is -2.60. The first-order valence-electron chi connectivity index (χ1n) is 7.41. The van der Waals surface area contributed by atoms with Crippen molar-refractivity contribution < 1.29 is 9.18 Å². The van der Waals surface area contributed by atoms with E-state index in [1.54, 1.807) is 12.1 Å². The molecule has 0 spiro atoms. The van der Waals surface area contributed by atoms with Crippen molar-refractivity contribution in [3.8, 4) is 0 Å². The topological polar surface area (TPSA) is 54.0 Å². The van der Waals surface area contributed by atoms with E-state index < -0.39 is 0 Å². The molecule has 3 rings (SSSR count). The summed E-state index contributed by atoms with van der Waals surface area (Å²) in [4.78, 5) is 17.2. The normalized spacial score (nSPS) is 10.6. The summed E-state index contributed by atoms with van der Waals surface area (Å²) in [6, 6.07) is 15.8. The van der Waals surface area contributed by atoms with Crippen molar-refractivity contribution in [3.63, 3.8) is 0 Å². The molecule has 0 aliphatic heterocycles. The molecule has 2 aromatic carbocycles. The number of halogens is 1. The van der Waals surface area contributed by atoms with Crippen LogP contribution in [0.2, 0.25) is 0 Å². The van der Waals surface area contributed by atoms with E-state index in [-0.39, 0.29) is 17.5 Å². The molecule has 4 nitrogen and oxygen atoms in total. The molecule has 0 fully saturated rings. The molecule has 3 aromatic rings. The zero-order chi connectivity index (χ0) is 16.9. The number of anilines is 1. The van der Waals surface area contributed by atoms with Crippen molar-refractivity contribution in [2.24, 2.45) is 0 Å². The molecule has 0 saturated carbocycles. The lowest BCUT2D eigenvalue weighted by Gasteiger charge is -2.10. The Balaban J connectivity index is 1.57. The number of hydrogen-bond acceptors (Lipinski definition) is 4. The van der Waals surface area contributed by atoms with Crippen molar-refractivity contribution in [2.45, 2.75) is 11.8 Å². The van der Waals surface area contributed by atoms with E-state index >= 15 is 0 Å². The number of aromatic nitrogens is 1. The first-order chi connectivity index (χ1) is 11.6. The third kappa shape index (κ3) is 4.02. The second-order valence-electron chi connectivity index (χ2n) is 5.26. The quantitative estimate of drug-likeness (QED) is 0.546. The first-order valence-corrected chi connectivity index (χ1v) is 8.40. The minimum atomic E-state index is -0.289. The van der Waals surface area contributed by atoms with Crippen LogP contribution in [0.3, 0.4) is 0 Å². The predicted molar refractivity (Wildman–Crippen MR) is 95.4 cm³/mol. The summed E-state index contributed by atoms with van der Waals surface area (Å²) in [6.45, 7) is 2.00. The van der Waals surface area contributed by atoms with Gasteiger partial charge >= 0.3 is 0 Å². The number of fused-ring (bicyclic) bond motifs is 1. The van der Waals surface area contributed by atoms with Gasteiger partial charge in [0.15, 0.2) is 0 Å². The van der Waals surface area contributed by atoms with Crippen LogP contribution in [0.25, 0.3) is 10.9 Å². The Bertz CT molecular complexity index is 868. The maximum absolute atomic E-state index is 12.8. The zero-order valence-corrected chi connectivity index (χ0v) is 13.9. The Morgan fingerprint density at radius 2 is 1.92 bits per heavy atom. The minimum Gasteiger partial charge on any atom is -0.282 e. The average Bonchev–Trinajstić information content (AvgIpc) is 2.59. The lowest BCUT2D eigenvalue weighted by atomic mass is 10.1. The summed E-state index contributed by atoms with van der Waals surface area (Å²) in [5.74, 6) is 0.344. The SMILES string of the molecule is Cc1cc(NNC(=O)CSc2ccc(F)cc2)nc2ccccc12. The number of benzene rings is 2. The van der Waals surface area contributed by atoms with Gasteiger partial charge < -0.3 is 0 Å². The van der Waals surface area contributed by atoms with Crippen molar-refractivity contribution in [2.75, 3.05) is 11.2 Å². The van der Waals surface area contributed by atoms with Gasteiger partial charge in [0, 0.05) is 10.3 Å². The number of hydrogen-bond donors (Lipinski definition) is 2. The number of carbonyl (C=O) groups excluding carboxylic acids is 1. The average molecular weight is 341 g/mol. The molecule has 6 heteroatoms. The second-order valence-corrected chi connectivity index (χ2v) is 6.31. The van der Waals surface area contributed by atoms with Crippen LogP contribution in [0.5, 0.6) is 0 Å². The molecule has 0 saturated heterocycles. The number of rotatable bonds is 5. The number of hydrazine groups is 1. The van der Waals surface area contributed by atoms with Crippen LogP contribution >= 0.6 is 11.8 Å². The van der Waals surface area contributed by atoms with Gasteiger partial charge in [-0.25, -0.2) is 9.37 Å². The molecule has 24 heavy (non-hydrogen) atoms. The van der Waals surface area contributed by atoms with E-state index in [1.807, 2.05) is 37.3 Å². The molecule has 1 amide bonds. The van der Waals surface area contributed by atoms with Gasteiger partial charge in [0.1, 0.15) is 11.6 Å². The third-order valence-corrected chi connectivity index (χ3v) is 4.45. The van der Waals surface area contributed by atoms with Crippen LogP contribution in [-0.2, 0) is 4.79 Å². The number of para-hydroxylation sites is 1. The number of thioether (sulfide) groups is 1. The molecule has 0 atom stereocenters. The van der Waals surface area contributed by atoms with Crippen LogP contribution in [0.4, 0.5) is 10.2 Å². The molecule has 0 unspecified atom stereocenters. The molecule has 0 radical (unpaired) electrons. The summed E-state index contributed by atoms with van der Waals surface area (Å²) in [7, 11) is 0. The molecule has 0 aliphatic carbocycles. The fourth-order valence-electron chi connectivity index (χ4n) is 2.26. The van der Waals surface area contributed by atoms with E-state index in [0.717, 1.165) is 21.4 Å². The molecule has 0 aliphatic rings. The van der Waals surface area contributed by atoms with Gasteiger partial charge in [0.2, 0.25) is 5.91 Å². The molecular formula is C18H16FN3OS. The highest BCUT2D eigenvalue weighted by atomic mass is 32.2. The molecule has 1 aromatic heterocycles. The highest BCUT2D eigenvalue weighted by molar-refractivity contribution is 8.00. The Morgan fingerprint density at radius 1 is 1.17 bits per heavy atom. The summed E-state index contributed by atoms with van der Waals surface area (Å²) >= 11 is 1.34. The number of amides is 1. The predicted octanol–water partition coefficient (Wildman–Crippen LogP) is 3.92. The second kappa shape index (κ2) is 7.31. The van der Waals surface area contributed by atoms with Crippen molar-refractivity contribution in [3.05, 3.63) is 66.0 Å². The molecule has 1 heterocycles. The lowest BCUT2D eigenvalue weighted by molar-refractivity contribution is -0.118. The largest absolute Gasteiger partial charge is 0.282 e.